The highest BCUT2D eigenvalue weighted by Gasteiger charge is 2.06. The van der Waals surface area contributed by atoms with Gasteiger partial charge in [0.05, 0.1) is 13.7 Å². The van der Waals surface area contributed by atoms with Gasteiger partial charge in [-0.25, -0.2) is 0 Å². The fraction of sp³-hybridized carbons (Fsp3) is 0.429. The van der Waals surface area contributed by atoms with Gasteiger partial charge in [-0.2, -0.15) is 0 Å². The van der Waals surface area contributed by atoms with Gasteiger partial charge >= 0.3 is 5.97 Å². The number of rotatable bonds is 7. The molecule has 0 unspecified atom stereocenters. The van der Waals surface area contributed by atoms with E-state index in [-0.39, 0.29) is 11.9 Å². The van der Waals surface area contributed by atoms with Gasteiger partial charge < -0.3 is 14.8 Å². The third kappa shape index (κ3) is 5.42. The third-order valence-corrected chi connectivity index (χ3v) is 2.50. The molecule has 0 aromatic heterocycles. The normalized spacial score (nSPS) is 9.79. The summed E-state index contributed by atoms with van der Waals surface area (Å²) >= 11 is 0. The van der Waals surface area contributed by atoms with Crippen molar-refractivity contribution >= 4 is 11.9 Å². The summed E-state index contributed by atoms with van der Waals surface area (Å²) in [5, 5.41) is 2.75. The van der Waals surface area contributed by atoms with Crippen molar-refractivity contribution in [1.82, 2.24) is 5.32 Å². The maximum Gasteiger partial charge on any atom is 0.305 e. The van der Waals surface area contributed by atoms with Gasteiger partial charge in [-0.05, 0) is 37.6 Å². The summed E-state index contributed by atoms with van der Waals surface area (Å²) < 4.78 is 9.81. The molecule has 0 saturated heterocycles. The molecule has 1 amide bonds. The van der Waals surface area contributed by atoms with Crippen LogP contribution in [0.1, 0.15) is 30.1 Å². The minimum Gasteiger partial charge on any atom is -0.497 e. The standard InChI is InChI=1S/C14H19NO4/c1-3-19-13(16)5-4-10-15-14(17)11-6-8-12(18-2)9-7-11/h6-9H,3-5,10H2,1-2H3,(H,15,17). The van der Waals surface area contributed by atoms with E-state index in [0.717, 1.165) is 0 Å². The SMILES string of the molecule is CCOC(=O)CCCNC(=O)c1ccc(OC)cc1. The second kappa shape index (κ2) is 8.13. The molecule has 104 valence electrons. The van der Waals surface area contributed by atoms with Gasteiger partial charge in [-0.1, -0.05) is 0 Å². The van der Waals surface area contributed by atoms with E-state index in [9.17, 15) is 9.59 Å². The Morgan fingerprint density at radius 3 is 2.47 bits per heavy atom. The molecule has 1 rings (SSSR count). The van der Waals surface area contributed by atoms with Gasteiger partial charge in [0.15, 0.2) is 0 Å². The van der Waals surface area contributed by atoms with Crippen LogP contribution < -0.4 is 10.1 Å². The van der Waals surface area contributed by atoms with E-state index in [1.807, 2.05) is 0 Å². The molecule has 0 atom stereocenters. The lowest BCUT2D eigenvalue weighted by atomic mass is 10.2. The first-order valence-corrected chi connectivity index (χ1v) is 6.25. The van der Waals surface area contributed by atoms with Crippen LogP contribution in [0.15, 0.2) is 24.3 Å². The largest absolute Gasteiger partial charge is 0.497 e. The van der Waals surface area contributed by atoms with Crippen molar-refractivity contribution in [3.05, 3.63) is 29.8 Å². The molecule has 1 aromatic rings. The summed E-state index contributed by atoms with van der Waals surface area (Å²) in [6.07, 6.45) is 0.886. The first kappa shape index (κ1) is 15.0. The van der Waals surface area contributed by atoms with E-state index in [4.69, 9.17) is 9.47 Å². The van der Waals surface area contributed by atoms with Crippen molar-refractivity contribution in [3.8, 4) is 5.75 Å². The first-order chi connectivity index (χ1) is 9.17. The van der Waals surface area contributed by atoms with Crippen LogP contribution in [0, 0.1) is 0 Å². The van der Waals surface area contributed by atoms with Crippen LogP contribution in [0.5, 0.6) is 5.75 Å². The van der Waals surface area contributed by atoms with E-state index in [0.29, 0.717) is 37.3 Å². The fourth-order valence-electron chi connectivity index (χ4n) is 1.51. The summed E-state index contributed by atoms with van der Waals surface area (Å²) in [5.74, 6) is 0.312. The molecular formula is C14H19NO4. The minimum atomic E-state index is -0.235. The predicted octanol–water partition coefficient (Wildman–Crippen LogP) is 1.77. The second-order valence-electron chi connectivity index (χ2n) is 3.89. The molecule has 0 bridgehead atoms. The number of hydrogen-bond acceptors (Lipinski definition) is 4. The molecule has 19 heavy (non-hydrogen) atoms. The number of hydrogen-bond donors (Lipinski definition) is 1. The Bertz CT molecular complexity index is 414. The highest BCUT2D eigenvalue weighted by Crippen LogP contribution is 2.10. The van der Waals surface area contributed by atoms with E-state index < -0.39 is 0 Å². The van der Waals surface area contributed by atoms with E-state index in [2.05, 4.69) is 5.32 Å². The minimum absolute atomic E-state index is 0.161. The second-order valence-corrected chi connectivity index (χ2v) is 3.89. The molecular weight excluding hydrogens is 246 g/mol. The van der Waals surface area contributed by atoms with Gasteiger partial charge in [0.2, 0.25) is 0 Å². The zero-order valence-electron chi connectivity index (χ0n) is 11.3. The van der Waals surface area contributed by atoms with Gasteiger partial charge in [0, 0.05) is 18.5 Å². The van der Waals surface area contributed by atoms with Gasteiger partial charge in [0.1, 0.15) is 5.75 Å². The number of nitrogens with one attached hydrogen (secondary N) is 1. The molecule has 0 spiro atoms. The number of esters is 1. The molecule has 1 aromatic carbocycles. The maximum atomic E-state index is 11.7. The van der Waals surface area contributed by atoms with E-state index in [1.54, 1.807) is 38.3 Å². The summed E-state index contributed by atoms with van der Waals surface area (Å²) in [7, 11) is 1.57. The monoisotopic (exact) mass is 265 g/mol. The third-order valence-electron chi connectivity index (χ3n) is 2.50. The van der Waals surface area contributed by atoms with Crippen LogP contribution in [0.25, 0.3) is 0 Å². The van der Waals surface area contributed by atoms with Crippen LogP contribution >= 0.6 is 0 Å². The van der Waals surface area contributed by atoms with Crippen LogP contribution in [-0.4, -0.2) is 32.1 Å². The zero-order chi connectivity index (χ0) is 14.1. The highest BCUT2D eigenvalue weighted by atomic mass is 16.5. The first-order valence-electron chi connectivity index (χ1n) is 6.25. The highest BCUT2D eigenvalue weighted by molar-refractivity contribution is 5.94. The van der Waals surface area contributed by atoms with E-state index >= 15 is 0 Å². The Balaban J connectivity index is 2.29. The molecule has 1 N–H and O–H groups in total. The van der Waals surface area contributed by atoms with Crippen molar-refractivity contribution in [2.24, 2.45) is 0 Å². The Morgan fingerprint density at radius 2 is 1.89 bits per heavy atom. The summed E-state index contributed by atoms with van der Waals surface area (Å²) in [6.45, 7) is 2.60. The zero-order valence-corrected chi connectivity index (χ0v) is 11.3. The van der Waals surface area contributed by atoms with Crippen LogP contribution in [-0.2, 0) is 9.53 Å². The fourth-order valence-corrected chi connectivity index (χ4v) is 1.51. The van der Waals surface area contributed by atoms with Crippen molar-refractivity contribution in [3.63, 3.8) is 0 Å². The molecule has 5 heteroatoms. The quantitative estimate of drug-likeness (QED) is 0.603. The number of amides is 1. The van der Waals surface area contributed by atoms with Gasteiger partial charge in [-0.3, -0.25) is 9.59 Å². The van der Waals surface area contributed by atoms with Crippen molar-refractivity contribution < 1.29 is 19.1 Å². The lowest BCUT2D eigenvalue weighted by molar-refractivity contribution is -0.143. The maximum absolute atomic E-state index is 11.7. The van der Waals surface area contributed by atoms with Crippen LogP contribution in [0.3, 0.4) is 0 Å². The number of carbonyl (C=O) groups excluding carboxylic acids is 2. The summed E-state index contributed by atoms with van der Waals surface area (Å²) in [6, 6.07) is 6.85. The topological polar surface area (TPSA) is 64.6 Å². The number of ether oxygens (including phenoxy) is 2. The predicted molar refractivity (Wildman–Crippen MR) is 71.2 cm³/mol. The Morgan fingerprint density at radius 1 is 1.21 bits per heavy atom. The summed E-state index contributed by atoms with van der Waals surface area (Å²) in [5.41, 5.74) is 0.567. The lowest BCUT2D eigenvalue weighted by Crippen LogP contribution is -2.25. The Labute approximate surface area is 112 Å². The Hall–Kier alpha value is -2.04. The van der Waals surface area contributed by atoms with Crippen LogP contribution in [0.2, 0.25) is 0 Å². The molecule has 0 fully saturated rings. The molecule has 0 aliphatic carbocycles. The van der Waals surface area contributed by atoms with Crippen molar-refractivity contribution in [2.45, 2.75) is 19.8 Å². The van der Waals surface area contributed by atoms with Crippen LogP contribution in [0.4, 0.5) is 0 Å². The number of methoxy groups -OCH3 is 1. The molecule has 0 aliphatic rings. The van der Waals surface area contributed by atoms with Crippen molar-refractivity contribution in [2.75, 3.05) is 20.3 Å². The average Bonchev–Trinajstić information content (AvgIpc) is 2.44. The summed E-state index contributed by atoms with van der Waals surface area (Å²) in [4.78, 5) is 22.8. The number of carbonyl (C=O) groups is 2. The smallest absolute Gasteiger partial charge is 0.305 e. The average molecular weight is 265 g/mol. The Kier molecular flexibility index (Phi) is 6.43. The molecule has 0 saturated carbocycles. The molecule has 0 aliphatic heterocycles. The van der Waals surface area contributed by atoms with E-state index in [1.165, 1.54) is 0 Å². The van der Waals surface area contributed by atoms with Crippen molar-refractivity contribution in [1.29, 1.82) is 0 Å². The lowest BCUT2D eigenvalue weighted by Gasteiger charge is -2.06. The number of benzene rings is 1. The molecule has 5 nitrogen and oxygen atoms in total. The van der Waals surface area contributed by atoms with Gasteiger partial charge in [0.25, 0.3) is 5.91 Å². The van der Waals surface area contributed by atoms with Gasteiger partial charge in [-0.15, -0.1) is 0 Å². The molecule has 0 heterocycles. The molecule has 0 radical (unpaired) electrons.